The fraction of sp³-hybridized carbons (Fsp3) is 0.143. The summed E-state index contributed by atoms with van der Waals surface area (Å²) in [6, 6.07) is 9.87. The van der Waals surface area contributed by atoms with Crippen molar-refractivity contribution in [1.82, 2.24) is 34.7 Å². The van der Waals surface area contributed by atoms with E-state index in [4.69, 9.17) is 0 Å². The highest BCUT2D eigenvalue weighted by Crippen LogP contribution is 2.29. The molecule has 0 aliphatic heterocycles. The smallest absolute Gasteiger partial charge is 0.137 e. The lowest BCUT2D eigenvalue weighted by Gasteiger charge is -2.06. The van der Waals surface area contributed by atoms with E-state index in [1.165, 1.54) is 0 Å². The lowest BCUT2D eigenvalue weighted by atomic mass is 10.1. The van der Waals surface area contributed by atoms with Gasteiger partial charge in [-0.25, -0.2) is 9.67 Å². The van der Waals surface area contributed by atoms with Crippen molar-refractivity contribution in [2.45, 2.75) is 13.2 Å². The molecule has 0 saturated heterocycles. The number of nitrogens with zero attached hydrogens (tertiary/aromatic N) is 6. The first-order valence-corrected chi connectivity index (χ1v) is 9.25. The zero-order valence-corrected chi connectivity index (χ0v) is 15.8. The van der Waals surface area contributed by atoms with Crippen molar-refractivity contribution in [1.29, 1.82) is 0 Å². The van der Waals surface area contributed by atoms with Crippen molar-refractivity contribution in [3.05, 3.63) is 72.4 Å². The molecule has 0 spiro atoms. The molecule has 5 rings (SSSR count). The Labute approximate surface area is 166 Å². The van der Waals surface area contributed by atoms with E-state index >= 15 is 0 Å². The summed E-state index contributed by atoms with van der Waals surface area (Å²) in [5, 5.41) is 23.4. The van der Waals surface area contributed by atoms with Gasteiger partial charge in [0.2, 0.25) is 0 Å². The summed E-state index contributed by atoms with van der Waals surface area (Å²) in [7, 11) is 1.89. The molecule has 29 heavy (non-hydrogen) atoms. The summed E-state index contributed by atoms with van der Waals surface area (Å²) < 4.78 is 3.55. The van der Waals surface area contributed by atoms with Crippen LogP contribution in [0.1, 0.15) is 11.1 Å². The maximum Gasteiger partial charge on any atom is 0.137 e. The van der Waals surface area contributed by atoms with E-state index in [1.54, 1.807) is 9.36 Å². The largest absolute Gasteiger partial charge is 0.392 e. The number of benzene rings is 1. The number of H-pyrrole nitrogens is 1. The number of pyridine rings is 1. The van der Waals surface area contributed by atoms with E-state index in [0.717, 1.165) is 44.5 Å². The van der Waals surface area contributed by atoms with Crippen LogP contribution in [-0.4, -0.2) is 39.8 Å². The minimum Gasteiger partial charge on any atom is -0.392 e. The fourth-order valence-corrected chi connectivity index (χ4v) is 3.48. The van der Waals surface area contributed by atoms with Crippen LogP contribution in [0, 0.1) is 0 Å². The third kappa shape index (κ3) is 3.19. The van der Waals surface area contributed by atoms with Crippen LogP contribution in [0.2, 0.25) is 0 Å². The molecule has 8 nitrogen and oxygen atoms in total. The molecule has 0 amide bonds. The van der Waals surface area contributed by atoms with E-state index in [9.17, 15) is 5.11 Å². The first-order valence-electron chi connectivity index (χ1n) is 9.25. The predicted octanol–water partition coefficient (Wildman–Crippen LogP) is 2.76. The fourth-order valence-electron chi connectivity index (χ4n) is 3.48. The lowest BCUT2D eigenvalue weighted by molar-refractivity contribution is 0.280. The quantitative estimate of drug-likeness (QED) is 0.485. The van der Waals surface area contributed by atoms with Gasteiger partial charge in [0.15, 0.2) is 0 Å². The number of aliphatic hydroxyl groups excluding tert-OH is 1. The number of hydrogen-bond donors (Lipinski definition) is 2. The van der Waals surface area contributed by atoms with Crippen LogP contribution in [0.4, 0.5) is 0 Å². The number of nitrogens with one attached hydrogen (secondary N) is 1. The minimum absolute atomic E-state index is 0.00294. The van der Waals surface area contributed by atoms with E-state index in [-0.39, 0.29) is 6.61 Å². The molecule has 0 bridgehead atoms. The van der Waals surface area contributed by atoms with E-state index in [0.29, 0.717) is 6.54 Å². The number of aromatic amines is 1. The minimum atomic E-state index is 0.00294. The lowest BCUT2D eigenvalue weighted by Crippen LogP contribution is -2.03. The number of rotatable bonds is 5. The van der Waals surface area contributed by atoms with Crippen molar-refractivity contribution >= 4 is 11.0 Å². The van der Waals surface area contributed by atoms with Gasteiger partial charge in [-0.05, 0) is 17.2 Å². The topological polar surface area (TPSA) is 97.4 Å². The summed E-state index contributed by atoms with van der Waals surface area (Å²) in [4.78, 5) is 7.74. The summed E-state index contributed by atoms with van der Waals surface area (Å²) >= 11 is 0. The van der Waals surface area contributed by atoms with Gasteiger partial charge in [-0.3, -0.25) is 4.68 Å². The van der Waals surface area contributed by atoms with Crippen molar-refractivity contribution in [2.75, 3.05) is 0 Å². The van der Waals surface area contributed by atoms with Gasteiger partial charge in [0.05, 0.1) is 25.5 Å². The van der Waals surface area contributed by atoms with Crippen LogP contribution in [0.25, 0.3) is 33.4 Å². The van der Waals surface area contributed by atoms with Crippen LogP contribution >= 0.6 is 0 Å². The molecular weight excluding hydrogens is 366 g/mol. The van der Waals surface area contributed by atoms with Gasteiger partial charge in [0, 0.05) is 47.7 Å². The number of aromatic nitrogens is 7. The Bertz CT molecular complexity index is 1300. The van der Waals surface area contributed by atoms with Gasteiger partial charge in [-0.1, -0.05) is 29.5 Å². The Hall–Kier alpha value is -3.78. The van der Waals surface area contributed by atoms with Crippen LogP contribution in [-0.2, 0) is 20.2 Å². The third-order valence-corrected chi connectivity index (χ3v) is 5.00. The molecule has 144 valence electrons. The molecule has 2 N–H and O–H groups in total. The van der Waals surface area contributed by atoms with Gasteiger partial charge in [0.25, 0.3) is 0 Å². The number of aliphatic hydroxyl groups is 1. The average molecular weight is 385 g/mol. The first-order chi connectivity index (χ1) is 14.2. The molecule has 4 aromatic heterocycles. The van der Waals surface area contributed by atoms with Crippen molar-refractivity contribution in [3.8, 4) is 22.4 Å². The predicted molar refractivity (Wildman–Crippen MR) is 109 cm³/mol. The standard InChI is InChI=1S/C21H19N7O/c1-27-10-17(8-24-27)16-6-18-19(9-23-21(18)22-7-16)20-12-28(26-25-20)11-14-4-2-3-5-15(14)13-29/h2-10,12,29H,11,13H2,1H3,(H,22,23). The van der Waals surface area contributed by atoms with E-state index in [2.05, 4.69) is 31.4 Å². The van der Waals surface area contributed by atoms with Gasteiger partial charge < -0.3 is 10.1 Å². The zero-order valence-electron chi connectivity index (χ0n) is 15.8. The molecule has 8 heteroatoms. The Morgan fingerprint density at radius 3 is 2.72 bits per heavy atom. The molecule has 0 fully saturated rings. The highest BCUT2D eigenvalue weighted by molar-refractivity contribution is 5.94. The molecule has 5 aromatic rings. The summed E-state index contributed by atoms with van der Waals surface area (Å²) in [6.45, 7) is 0.550. The van der Waals surface area contributed by atoms with Gasteiger partial charge in [-0.15, -0.1) is 5.10 Å². The van der Waals surface area contributed by atoms with Crippen molar-refractivity contribution in [3.63, 3.8) is 0 Å². The average Bonchev–Trinajstić information content (AvgIpc) is 3.47. The Morgan fingerprint density at radius 1 is 1.07 bits per heavy atom. The second-order valence-corrected chi connectivity index (χ2v) is 6.95. The molecule has 0 radical (unpaired) electrons. The molecule has 0 aliphatic carbocycles. The molecule has 0 atom stereocenters. The summed E-state index contributed by atoms with van der Waals surface area (Å²) in [6.07, 6.45) is 9.44. The van der Waals surface area contributed by atoms with Crippen molar-refractivity contribution < 1.29 is 5.11 Å². The van der Waals surface area contributed by atoms with E-state index in [1.807, 2.05) is 62.3 Å². The maximum absolute atomic E-state index is 9.53. The summed E-state index contributed by atoms with van der Waals surface area (Å²) in [5.74, 6) is 0. The monoisotopic (exact) mass is 385 g/mol. The molecular formula is C21H19N7O. The van der Waals surface area contributed by atoms with Crippen LogP contribution in [0.3, 0.4) is 0 Å². The number of hydrogen-bond acceptors (Lipinski definition) is 5. The van der Waals surface area contributed by atoms with Crippen LogP contribution in [0.15, 0.2) is 61.3 Å². The second kappa shape index (κ2) is 6.99. The highest BCUT2D eigenvalue weighted by atomic mass is 16.3. The zero-order chi connectivity index (χ0) is 19.8. The van der Waals surface area contributed by atoms with Gasteiger partial charge in [-0.2, -0.15) is 5.10 Å². The number of aryl methyl sites for hydroxylation is 1. The van der Waals surface area contributed by atoms with E-state index < -0.39 is 0 Å². The highest BCUT2D eigenvalue weighted by Gasteiger charge is 2.13. The molecule has 1 aromatic carbocycles. The van der Waals surface area contributed by atoms with Gasteiger partial charge >= 0.3 is 0 Å². The van der Waals surface area contributed by atoms with Crippen molar-refractivity contribution in [2.24, 2.45) is 7.05 Å². The first kappa shape index (κ1) is 17.3. The molecule has 4 heterocycles. The Balaban J connectivity index is 1.50. The molecule has 0 aliphatic rings. The number of fused-ring (bicyclic) bond motifs is 1. The summed E-state index contributed by atoms with van der Waals surface area (Å²) in [5.41, 5.74) is 6.43. The normalized spacial score (nSPS) is 11.4. The Kier molecular flexibility index (Phi) is 4.18. The molecule has 0 saturated carbocycles. The van der Waals surface area contributed by atoms with Gasteiger partial charge in [0.1, 0.15) is 11.3 Å². The third-order valence-electron chi connectivity index (χ3n) is 5.00. The SMILES string of the molecule is Cn1cc(-c2cnc3[nH]cc(-c4cn(Cc5ccccc5CO)nn4)c3c2)cn1. The molecule has 0 unspecified atom stereocenters. The maximum atomic E-state index is 9.53. The van der Waals surface area contributed by atoms with Crippen LogP contribution in [0.5, 0.6) is 0 Å². The van der Waals surface area contributed by atoms with Crippen LogP contribution < -0.4 is 0 Å². The second-order valence-electron chi connectivity index (χ2n) is 6.95. The Morgan fingerprint density at radius 2 is 1.93 bits per heavy atom.